The second-order valence-corrected chi connectivity index (χ2v) is 8.35. The van der Waals surface area contributed by atoms with Gasteiger partial charge in [0.05, 0.1) is 17.8 Å². The summed E-state index contributed by atoms with van der Waals surface area (Å²) in [6, 6.07) is 6.77. The maximum Gasteiger partial charge on any atom is 0.220 e. The largest absolute Gasteiger partial charge is 0.355 e. The third-order valence-corrected chi connectivity index (χ3v) is 6.11. The molecule has 0 atom stereocenters. The summed E-state index contributed by atoms with van der Waals surface area (Å²) in [5, 5.41) is 4.62. The number of nitrogens with one attached hydrogen (secondary N) is 1. The van der Waals surface area contributed by atoms with Gasteiger partial charge in [-0.05, 0) is 37.8 Å². The third-order valence-electron chi connectivity index (χ3n) is 4.38. The van der Waals surface area contributed by atoms with Gasteiger partial charge in [-0.2, -0.15) is 5.06 Å². The van der Waals surface area contributed by atoms with E-state index in [0.29, 0.717) is 17.2 Å². The summed E-state index contributed by atoms with van der Waals surface area (Å²) in [6.45, 7) is 3.71. The molecule has 6 nitrogen and oxygen atoms in total. The zero-order valence-electron chi connectivity index (χ0n) is 14.3. The number of hydrogen-bond acceptors (Lipinski definition) is 5. The molecule has 0 radical (unpaired) electrons. The summed E-state index contributed by atoms with van der Waals surface area (Å²) in [5.74, 6) is 0.180. The van der Waals surface area contributed by atoms with E-state index < -0.39 is 9.84 Å². The Hall–Kier alpha value is -1.44. The Kier molecular flexibility index (Phi) is 6.77. The topological polar surface area (TPSA) is 75.7 Å². The number of hydroxylamine groups is 2. The lowest BCUT2D eigenvalue weighted by Crippen LogP contribution is -2.36. The van der Waals surface area contributed by atoms with Crippen molar-refractivity contribution < 1.29 is 18.0 Å². The van der Waals surface area contributed by atoms with Gasteiger partial charge in [-0.3, -0.25) is 4.79 Å². The van der Waals surface area contributed by atoms with Gasteiger partial charge in [0.25, 0.3) is 0 Å². The van der Waals surface area contributed by atoms with Crippen LogP contribution in [-0.2, 0) is 19.5 Å². The number of aryl methyl sites for hydroxylation is 1. The van der Waals surface area contributed by atoms with E-state index >= 15 is 0 Å². The van der Waals surface area contributed by atoms with Crippen molar-refractivity contribution >= 4 is 15.7 Å². The summed E-state index contributed by atoms with van der Waals surface area (Å²) in [5.41, 5.74) is 1.02. The Morgan fingerprint density at radius 1 is 1.25 bits per heavy atom. The van der Waals surface area contributed by atoms with Crippen molar-refractivity contribution in [2.75, 3.05) is 32.5 Å². The molecule has 24 heavy (non-hydrogen) atoms. The predicted octanol–water partition coefficient (Wildman–Crippen LogP) is 1.55. The molecule has 0 bridgehead atoms. The van der Waals surface area contributed by atoms with Crippen LogP contribution < -0.4 is 5.32 Å². The highest BCUT2D eigenvalue weighted by Gasteiger charge is 2.21. The van der Waals surface area contributed by atoms with E-state index in [1.807, 2.05) is 12.0 Å². The molecule has 1 aromatic rings. The van der Waals surface area contributed by atoms with Gasteiger partial charge in [0.2, 0.25) is 5.91 Å². The lowest BCUT2D eigenvalue weighted by Gasteiger charge is -2.29. The second kappa shape index (κ2) is 8.60. The van der Waals surface area contributed by atoms with Crippen LogP contribution in [0.4, 0.5) is 0 Å². The van der Waals surface area contributed by atoms with Crippen LogP contribution in [0.15, 0.2) is 29.2 Å². The highest BCUT2D eigenvalue weighted by atomic mass is 32.2. The van der Waals surface area contributed by atoms with Gasteiger partial charge in [-0.1, -0.05) is 17.7 Å². The summed E-state index contributed by atoms with van der Waals surface area (Å²) < 4.78 is 24.4. The number of sulfone groups is 1. The first kappa shape index (κ1) is 18.9. The Morgan fingerprint density at radius 3 is 2.46 bits per heavy atom. The number of benzene rings is 1. The second-order valence-electron chi connectivity index (χ2n) is 6.24. The van der Waals surface area contributed by atoms with Gasteiger partial charge in [-0.25, -0.2) is 8.42 Å². The van der Waals surface area contributed by atoms with Gasteiger partial charge < -0.3 is 10.2 Å². The quantitative estimate of drug-likeness (QED) is 0.804. The number of rotatable bonds is 7. The van der Waals surface area contributed by atoms with Crippen LogP contribution in [-0.4, -0.2) is 51.9 Å². The average Bonchev–Trinajstić information content (AvgIpc) is 2.56. The van der Waals surface area contributed by atoms with Gasteiger partial charge in [0.1, 0.15) is 0 Å². The molecule has 7 heteroatoms. The molecule has 0 unspecified atom stereocenters. The van der Waals surface area contributed by atoms with Gasteiger partial charge in [0, 0.05) is 26.1 Å². The smallest absolute Gasteiger partial charge is 0.220 e. The first-order chi connectivity index (χ1) is 11.4. The molecule has 1 saturated heterocycles. The van der Waals surface area contributed by atoms with Gasteiger partial charge >= 0.3 is 0 Å². The zero-order valence-corrected chi connectivity index (χ0v) is 15.1. The Labute approximate surface area is 144 Å². The first-order valence-corrected chi connectivity index (χ1v) is 9.91. The number of piperidine rings is 1. The fourth-order valence-electron chi connectivity index (χ4n) is 2.82. The van der Waals surface area contributed by atoms with Gasteiger partial charge in [0.15, 0.2) is 9.84 Å². The molecule has 1 aliphatic rings. The van der Waals surface area contributed by atoms with Crippen LogP contribution in [0.3, 0.4) is 0 Å². The van der Waals surface area contributed by atoms with Crippen molar-refractivity contribution in [3.05, 3.63) is 29.8 Å². The highest BCUT2D eigenvalue weighted by molar-refractivity contribution is 7.91. The summed E-state index contributed by atoms with van der Waals surface area (Å²) in [6.07, 6.45) is 2.29. The summed E-state index contributed by atoms with van der Waals surface area (Å²) >= 11 is 0. The molecule has 0 spiro atoms. The molecule has 1 aromatic carbocycles. The molecule has 0 aromatic heterocycles. The molecular formula is C17H26N2O4S. The maximum absolute atomic E-state index is 12.2. The number of carbonyl (C=O) groups is 1. The van der Waals surface area contributed by atoms with E-state index in [4.69, 9.17) is 4.84 Å². The van der Waals surface area contributed by atoms with Crippen molar-refractivity contribution in [3.63, 3.8) is 0 Å². The molecule has 1 amide bonds. The fraction of sp³-hybridized carbons (Fsp3) is 0.588. The number of hydrogen-bond donors (Lipinski definition) is 1. The number of carbonyl (C=O) groups excluding carboxylic acids is 1. The molecule has 0 aliphatic carbocycles. The Balaban J connectivity index is 1.73. The predicted molar refractivity (Wildman–Crippen MR) is 92.2 cm³/mol. The van der Waals surface area contributed by atoms with Crippen molar-refractivity contribution in [1.82, 2.24) is 10.4 Å². The standard InChI is InChI=1S/C17H26N2O4S/c1-14-3-5-16(6-4-14)24(21,22)12-9-18-17(20)13-15-7-10-19(23-2)11-8-15/h3-6,15H,7-13H2,1-2H3,(H,18,20). The van der Waals surface area contributed by atoms with E-state index in [-0.39, 0.29) is 18.2 Å². The van der Waals surface area contributed by atoms with Crippen LogP contribution in [0.1, 0.15) is 24.8 Å². The lowest BCUT2D eigenvalue weighted by atomic mass is 9.94. The SMILES string of the molecule is CON1CCC(CC(=O)NCCS(=O)(=O)c2ccc(C)cc2)CC1. The number of nitrogens with zero attached hydrogens (tertiary/aromatic N) is 1. The Bertz CT molecular complexity index is 635. The minimum Gasteiger partial charge on any atom is -0.355 e. The number of amides is 1. The molecule has 1 N–H and O–H groups in total. The molecule has 1 aliphatic heterocycles. The fourth-order valence-corrected chi connectivity index (χ4v) is 3.98. The average molecular weight is 354 g/mol. The molecular weight excluding hydrogens is 328 g/mol. The summed E-state index contributed by atoms with van der Waals surface area (Å²) in [7, 11) is -1.70. The molecule has 0 saturated carbocycles. The van der Waals surface area contributed by atoms with E-state index in [1.165, 1.54) is 0 Å². The summed E-state index contributed by atoms with van der Waals surface area (Å²) in [4.78, 5) is 17.4. The first-order valence-electron chi connectivity index (χ1n) is 8.26. The maximum atomic E-state index is 12.2. The van der Waals surface area contributed by atoms with Crippen LogP contribution in [0.2, 0.25) is 0 Å². The normalized spacial score (nSPS) is 16.9. The van der Waals surface area contributed by atoms with Crippen molar-refractivity contribution in [2.24, 2.45) is 5.92 Å². The molecule has 2 rings (SSSR count). The minimum atomic E-state index is -3.35. The van der Waals surface area contributed by atoms with Crippen LogP contribution in [0.5, 0.6) is 0 Å². The van der Waals surface area contributed by atoms with E-state index in [2.05, 4.69) is 5.32 Å². The Morgan fingerprint density at radius 2 is 1.88 bits per heavy atom. The van der Waals surface area contributed by atoms with Crippen molar-refractivity contribution in [3.8, 4) is 0 Å². The van der Waals surface area contributed by atoms with E-state index in [0.717, 1.165) is 31.5 Å². The van der Waals surface area contributed by atoms with Crippen LogP contribution in [0, 0.1) is 12.8 Å². The molecule has 134 valence electrons. The molecule has 1 heterocycles. The monoisotopic (exact) mass is 354 g/mol. The molecule has 1 fully saturated rings. The minimum absolute atomic E-state index is 0.0787. The van der Waals surface area contributed by atoms with Crippen LogP contribution in [0.25, 0.3) is 0 Å². The third kappa shape index (κ3) is 5.58. The lowest BCUT2D eigenvalue weighted by molar-refractivity contribution is -0.149. The zero-order chi connectivity index (χ0) is 17.6. The highest BCUT2D eigenvalue weighted by Crippen LogP contribution is 2.20. The van der Waals surface area contributed by atoms with Gasteiger partial charge in [-0.15, -0.1) is 0 Å². The van der Waals surface area contributed by atoms with Crippen molar-refractivity contribution in [1.29, 1.82) is 0 Å². The van der Waals surface area contributed by atoms with Crippen LogP contribution >= 0.6 is 0 Å². The van der Waals surface area contributed by atoms with E-state index in [1.54, 1.807) is 31.4 Å². The van der Waals surface area contributed by atoms with Crippen molar-refractivity contribution in [2.45, 2.75) is 31.1 Å². The van der Waals surface area contributed by atoms with E-state index in [9.17, 15) is 13.2 Å².